The summed E-state index contributed by atoms with van der Waals surface area (Å²) in [5, 5.41) is 9.62. The highest BCUT2D eigenvalue weighted by Crippen LogP contribution is 2.39. The molecule has 38 heavy (non-hydrogen) atoms. The molecule has 198 valence electrons. The fraction of sp³-hybridized carbons (Fsp3) is 0.185. The molecule has 0 bridgehead atoms. The molecular formula is C27H23ClF3N3O3S. The maximum absolute atomic E-state index is 14.7. The van der Waals surface area contributed by atoms with E-state index in [0.717, 1.165) is 35.2 Å². The highest BCUT2D eigenvalue weighted by Gasteiger charge is 2.30. The van der Waals surface area contributed by atoms with Crippen molar-refractivity contribution in [3.8, 4) is 11.4 Å². The van der Waals surface area contributed by atoms with Gasteiger partial charge in [0, 0.05) is 28.0 Å². The minimum atomic E-state index is -1.03. The third-order valence-electron chi connectivity index (χ3n) is 6.18. The maximum Gasteiger partial charge on any atom is 0.274 e. The van der Waals surface area contributed by atoms with Crippen LogP contribution < -0.4 is 10.2 Å². The predicted molar refractivity (Wildman–Crippen MR) is 139 cm³/mol. The summed E-state index contributed by atoms with van der Waals surface area (Å²) in [6.07, 6.45) is 1.66. The first kappa shape index (κ1) is 27.6. The lowest BCUT2D eigenvalue weighted by Gasteiger charge is -2.28. The fourth-order valence-corrected chi connectivity index (χ4v) is 5.19. The van der Waals surface area contributed by atoms with Crippen molar-refractivity contribution in [1.82, 2.24) is 15.0 Å². The maximum atomic E-state index is 14.7. The molecule has 0 saturated carbocycles. The number of hydroxylamine groups is 1. The van der Waals surface area contributed by atoms with E-state index in [4.69, 9.17) is 21.5 Å². The van der Waals surface area contributed by atoms with Crippen molar-refractivity contribution in [3.05, 3.63) is 106 Å². The van der Waals surface area contributed by atoms with Gasteiger partial charge in [-0.25, -0.2) is 23.6 Å². The van der Waals surface area contributed by atoms with Crippen LogP contribution in [0.25, 0.3) is 5.69 Å². The monoisotopic (exact) mass is 561 g/mol. The molecular weight excluding hydrogens is 539 g/mol. The number of carbonyl (C=O) groups excluding carboxylic acids is 1. The average molecular weight is 562 g/mol. The number of thioether (sulfide) groups is 1. The Morgan fingerprint density at radius 3 is 2.37 bits per heavy atom. The number of rotatable bonds is 8. The molecule has 0 aliphatic rings. The zero-order valence-corrected chi connectivity index (χ0v) is 22.1. The molecule has 0 aliphatic carbocycles. The number of methoxy groups -OCH3 is 1. The molecule has 1 aromatic heterocycles. The van der Waals surface area contributed by atoms with Gasteiger partial charge in [0.05, 0.1) is 24.0 Å². The average Bonchev–Trinajstić information content (AvgIpc) is 3.33. The van der Waals surface area contributed by atoms with E-state index < -0.39 is 28.8 Å². The molecule has 6 nitrogen and oxygen atoms in total. The molecule has 0 radical (unpaired) electrons. The Bertz CT molecular complexity index is 1470. The van der Waals surface area contributed by atoms with Crippen LogP contribution in [0.4, 0.5) is 13.2 Å². The molecule has 4 aromatic rings. The van der Waals surface area contributed by atoms with Gasteiger partial charge in [-0.2, -0.15) is 0 Å². The van der Waals surface area contributed by atoms with Crippen molar-refractivity contribution in [2.24, 2.45) is 0 Å². The molecule has 0 aliphatic heterocycles. The van der Waals surface area contributed by atoms with Crippen LogP contribution in [0, 0.1) is 17.5 Å². The van der Waals surface area contributed by atoms with Crippen LogP contribution in [0.15, 0.2) is 66.0 Å². The van der Waals surface area contributed by atoms with E-state index in [0.29, 0.717) is 21.6 Å². The second-order valence-electron chi connectivity index (χ2n) is 8.86. The normalized spacial score (nSPS) is 11.5. The number of hydrogen-bond acceptors (Lipinski definition) is 5. The minimum Gasteiger partial charge on any atom is -0.495 e. The largest absolute Gasteiger partial charge is 0.495 e. The van der Waals surface area contributed by atoms with Crippen LogP contribution in [0.5, 0.6) is 5.75 Å². The number of ether oxygens (including phenoxy) is 1. The van der Waals surface area contributed by atoms with E-state index >= 15 is 0 Å². The summed E-state index contributed by atoms with van der Waals surface area (Å²) < 4.78 is 50.3. The summed E-state index contributed by atoms with van der Waals surface area (Å²) in [5.74, 6) is -2.97. The molecule has 1 heterocycles. The molecule has 3 aromatic carbocycles. The van der Waals surface area contributed by atoms with Crippen LogP contribution >= 0.6 is 23.4 Å². The van der Waals surface area contributed by atoms with Gasteiger partial charge in [-0.3, -0.25) is 14.6 Å². The molecule has 4 rings (SSSR count). The Balaban J connectivity index is 1.76. The third kappa shape index (κ3) is 5.38. The van der Waals surface area contributed by atoms with Gasteiger partial charge in [-0.05, 0) is 54.1 Å². The molecule has 2 N–H and O–H groups in total. The Morgan fingerprint density at radius 2 is 1.76 bits per heavy atom. The summed E-state index contributed by atoms with van der Waals surface area (Å²) in [7, 11) is 1.52. The minimum absolute atomic E-state index is 0.147. The van der Waals surface area contributed by atoms with Crippen LogP contribution in [-0.4, -0.2) is 27.8 Å². The highest BCUT2D eigenvalue weighted by molar-refractivity contribution is 7.98. The Labute approximate surface area is 226 Å². The van der Waals surface area contributed by atoms with Crippen molar-refractivity contribution in [1.29, 1.82) is 0 Å². The Hall–Kier alpha value is -3.47. The molecule has 1 amide bonds. The van der Waals surface area contributed by atoms with Crippen LogP contribution in [-0.2, 0) is 11.2 Å². The second kappa shape index (κ2) is 11.1. The van der Waals surface area contributed by atoms with Crippen molar-refractivity contribution in [2.75, 3.05) is 7.11 Å². The van der Waals surface area contributed by atoms with E-state index in [1.165, 1.54) is 24.7 Å². The zero-order valence-electron chi connectivity index (χ0n) is 20.6. The predicted octanol–water partition coefficient (Wildman–Crippen LogP) is 6.69. The number of hydrogen-bond donors (Lipinski definition) is 2. The smallest absolute Gasteiger partial charge is 0.274 e. The van der Waals surface area contributed by atoms with E-state index in [1.54, 1.807) is 29.0 Å². The molecule has 0 fully saturated rings. The van der Waals surface area contributed by atoms with Crippen molar-refractivity contribution >= 4 is 29.3 Å². The number of benzene rings is 3. The summed E-state index contributed by atoms with van der Waals surface area (Å²) in [5.41, 5.74) is 2.29. The van der Waals surface area contributed by atoms with Gasteiger partial charge >= 0.3 is 0 Å². The van der Waals surface area contributed by atoms with Gasteiger partial charge in [0.1, 0.15) is 23.2 Å². The van der Waals surface area contributed by atoms with Crippen molar-refractivity contribution in [2.45, 2.75) is 30.2 Å². The number of imidazole rings is 1. The number of halogens is 4. The standard InChI is InChI=1S/C27H23ClF3N3O3S/c1-27(2,16-4-9-20(28)23(12-16)37-3)24-13-32-26(34(24)18-7-5-17(29)6-8-18)38-14-19-21(30)10-15(11-22(19)31)25(35)33-36/h4-13,36H,14H2,1-3H3,(H,33,35). The van der Waals surface area contributed by atoms with E-state index in [-0.39, 0.29) is 16.9 Å². The molecule has 0 spiro atoms. The van der Waals surface area contributed by atoms with Crippen LogP contribution in [0.1, 0.15) is 41.0 Å². The first-order valence-corrected chi connectivity index (χ1v) is 12.7. The molecule has 0 atom stereocenters. The lowest BCUT2D eigenvalue weighted by atomic mass is 9.81. The van der Waals surface area contributed by atoms with Crippen molar-refractivity contribution < 1.29 is 27.9 Å². The fourth-order valence-electron chi connectivity index (χ4n) is 3.99. The number of nitrogens with one attached hydrogen (secondary N) is 1. The molecule has 0 unspecified atom stereocenters. The second-order valence-corrected chi connectivity index (χ2v) is 10.2. The lowest BCUT2D eigenvalue weighted by Crippen LogP contribution is -2.23. The van der Waals surface area contributed by atoms with Gasteiger partial charge in [-0.1, -0.05) is 43.3 Å². The summed E-state index contributed by atoms with van der Waals surface area (Å²) in [6, 6.07) is 12.9. The SMILES string of the molecule is COc1cc(C(C)(C)c2cnc(SCc3c(F)cc(C(=O)NO)cc3F)n2-c2ccc(F)cc2)ccc1Cl. The Kier molecular flexibility index (Phi) is 8.05. The first-order chi connectivity index (χ1) is 18.1. The van der Waals surface area contributed by atoms with E-state index in [9.17, 15) is 18.0 Å². The molecule has 11 heteroatoms. The quantitative estimate of drug-likeness (QED) is 0.142. The first-order valence-electron chi connectivity index (χ1n) is 11.3. The summed E-state index contributed by atoms with van der Waals surface area (Å²) >= 11 is 7.29. The number of amides is 1. The van der Waals surface area contributed by atoms with Gasteiger partial charge in [0.2, 0.25) is 0 Å². The lowest BCUT2D eigenvalue weighted by molar-refractivity contribution is 0.0705. The van der Waals surface area contributed by atoms with E-state index in [1.807, 2.05) is 26.0 Å². The topological polar surface area (TPSA) is 76.4 Å². The van der Waals surface area contributed by atoms with Crippen LogP contribution in [0.3, 0.4) is 0 Å². The van der Waals surface area contributed by atoms with Gasteiger partial charge in [0.25, 0.3) is 5.91 Å². The summed E-state index contributed by atoms with van der Waals surface area (Å²) in [4.78, 5) is 16.1. The van der Waals surface area contributed by atoms with Gasteiger partial charge < -0.3 is 4.74 Å². The van der Waals surface area contributed by atoms with Crippen LogP contribution in [0.2, 0.25) is 5.02 Å². The van der Waals surface area contributed by atoms with Gasteiger partial charge in [-0.15, -0.1) is 0 Å². The number of carbonyl (C=O) groups is 1. The number of aromatic nitrogens is 2. The Morgan fingerprint density at radius 1 is 1.11 bits per heavy atom. The molecule has 0 saturated heterocycles. The van der Waals surface area contributed by atoms with Crippen molar-refractivity contribution in [3.63, 3.8) is 0 Å². The number of nitrogens with zero attached hydrogens (tertiary/aromatic N) is 2. The zero-order chi connectivity index (χ0) is 27.6. The van der Waals surface area contributed by atoms with Gasteiger partial charge in [0.15, 0.2) is 5.16 Å². The third-order valence-corrected chi connectivity index (χ3v) is 7.47. The highest BCUT2D eigenvalue weighted by atomic mass is 35.5. The van der Waals surface area contributed by atoms with E-state index in [2.05, 4.69) is 4.98 Å². The summed E-state index contributed by atoms with van der Waals surface area (Å²) in [6.45, 7) is 3.96.